The van der Waals surface area contributed by atoms with Crippen LogP contribution < -0.4 is 5.32 Å². The van der Waals surface area contributed by atoms with E-state index in [0.717, 1.165) is 18.7 Å². The number of hydrogen-bond acceptors (Lipinski definition) is 3. The van der Waals surface area contributed by atoms with Gasteiger partial charge in [-0.3, -0.25) is 4.79 Å². The fourth-order valence-corrected chi connectivity index (χ4v) is 1.41. The van der Waals surface area contributed by atoms with Crippen LogP contribution in [0.5, 0.6) is 0 Å². The first-order chi connectivity index (χ1) is 7.59. The predicted octanol–water partition coefficient (Wildman–Crippen LogP) is 1.04. The molecule has 0 spiro atoms. The molecular weight excluding hydrogens is 206 g/mol. The number of aromatic amines is 1. The minimum atomic E-state index is -0.821. The zero-order valence-corrected chi connectivity index (χ0v) is 9.73. The minimum Gasteiger partial charge on any atom is -0.480 e. The van der Waals surface area contributed by atoms with Crippen molar-refractivity contribution in [1.29, 1.82) is 0 Å². The zero-order chi connectivity index (χ0) is 12.0. The second-order valence-electron chi connectivity index (χ2n) is 4.31. The van der Waals surface area contributed by atoms with E-state index in [2.05, 4.69) is 29.1 Å². The number of nitrogens with one attached hydrogen (secondary N) is 2. The van der Waals surface area contributed by atoms with Crippen LogP contribution in [0.15, 0.2) is 12.5 Å². The summed E-state index contributed by atoms with van der Waals surface area (Å²) >= 11 is 0. The van der Waals surface area contributed by atoms with Crippen molar-refractivity contribution >= 4 is 5.97 Å². The lowest BCUT2D eigenvalue weighted by Gasteiger charge is -2.14. The Balaban J connectivity index is 2.39. The molecule has 90 valence electrons. The van der Waals surface area contributed by atoms with Gasteiger partial charge in [0.15, 0.2) is 0 Å². The molecule has 0 aliphatic rings. The number of H-pyrrole nitrogens is 1. The maximum absolute atomic E-state index is 11.0. The van der Waals surface area contributed by atoms with E-state index in [0.29, 0.717) is 12.3 Å². The lowest BCUT2D eigenvalue weighted by molar-refractivity contribution is -0.139. The highest BCUT2D eigenvalue weighted by molar-refractivity contribution is 5.73. The lowest BCUT2D eigenvalue weighted by Crippen LogP contribution is -2.39. The van der Waals surface area contributed by atoms with Crippen molar-refractivity contribution in [3.8, 4) is 0 Å². The van der Waals surface area contributed by atoms with Crippen LogP contribution in [-0.4, -0.2) is 33.6 Å². The van der Waals surface area contributed by atoms with E-state index in [-0.39, 0.29) is 0 Å². The van der Waals surface area contributed by atoms with Gasteiger partial charge in [0.05, 0.1) is 6.33 Å². The van der Waals surface area contributed by atoms with Crippen molar-refractivity contribution in [2.45, 2.75) is 32.7 Å². The van der Waals surface area contributed by atoms with Gasteiger partial charge in [-0.2, -0.15) is 0 Å². The first-order valence-corrected chi connectivity index (χ1v) is 5.53. The quantitative estimate of drug-likeness (QED) is 0.648. The van der Waals surface area contributed by atoms with Gasteiger partial charge in [-0.25, -0.2) is 4.98 Å². The summed E-state index contributed by atoms with van der Waals surface area (Å²) in [5, 5.41) is 12.1. The average Bonchev–Trinajstić information content (AvgIpc) is 2.68. The number of hydrogen-bond donors (Lipinski definition) is 3. The van der Waals surface area contributed by atoms with Crippen molar-refractivity contribution in [2.24, 2.45) is 5.92 Å². The van der Waals surface area contributed by atoms with Crippen LogP contribution in [0.1, 0.15) is 26.0 Å². The highest BCUT2D eigenvalue weighted by Crippen LogP contribution is 2.01. The fourth-order valence-electron chi connectivity index (χ4n) is 1.41. The van der Waals surface area contributed by atoms with Gasteiger partial charge in [-0.1, -0.05) is 13.8 Å². The highest BCUT2D eigenvalue weighted by atomic mass is 16.4. The Labute approximate surface area is 95.3 Å². The Hall–Kier alpha value is -1.36. The fraction of sp³-hybridized carbons (Fsp3) is 0.636. The molecule has 0 aromatic carbocycles. The number of aromatic nitrogens is 2. The Bertz CT molecular complexity index is 309. The predicted molar refractivity (Wildman–Crippen MR) is 61.2 cm³/mol. The number of rotatable bonds is 7. The molecular formula is C11H19N3O2. The summed E-state index contributed by atoms with van der Waals surface area (Å²) in [5.41, 5.74) is 0.837. The van der Waals surface area contributed by atoms with E-state index < -0.39 is 12.0 Å². The molecule has 0 saturated carbocycles. The van der Waals surface area contributed by atoms with Crippen molar-refractivity contribution in [3.05, 3.63) is 18.2 Å². The molecule has 1 aromatic rings. The van der Waals surface area contributed by atoms with Crippen molar-refractivity contribution in [1.82, 2.24) is 15.3 Å². The van der Waals surface area contributed by atoms with E-state index in [1.54, 1.807) is 12.5 Å². The molecule has 16 heavy (non-hydrogen) atoms. The summed E-state index contributed by atoms with van der Waals surface area (Å²) in [6, 6.07) is -0.542. The van der Waals surface area contributed by atoms with E-state index in [1.807, 2.05) is 0 Å². The molecule has 0 saturated heterocycles. The Morgan fingerprint density at radius 2 is 2.38 bits per heavy atom. The van der Waals surface area contributed by atoms with E-state index in [1.165, 1.54) is 0 Å². The molecule has 0 fully saturated rings. The average molecular weight is 225 g/mol. The molecule has 1 rings (SSSR count). The Morgan fingerprint density at radius 3 is 2.88 bits per heavy atom. The third kappa shape index (κ3) is 4.44. The standard InChI is InChI=1S/C11H19N3O2/c1-8(2)3-4-13-10(11(15)16)5-9-6-12-7-14-9/h6-8,10,13H,3-5H2,1-2H3,(H,12,14)(H,15,16). The molecule has 0 bridgehead atoms. The monoisotopic (exact) mass is 225 g/mol. The molecule has 0 radical (unpaired) electrons. The lowest BCUT2D eigenvalue weighted by atomic mass is 10.1. The normalized spacial score (nSPS) is 12.9. The van der Waals surface area contributed by atoms with E-state index >= 15 is 0 Å². The smallest absolute Gasteiger partial charge is 0.321 e. The van der Waals surface area contributed by atoms with E-state index in [9.17, 15) is 4.79 Å². The van der Waals surface area contributed by atoms with Gasteiger partial charge in [-0.05, 0) is 18.9 Å². The second kappa shape index (κ2) is 6.27. The highest BCUT2D eigenvalue weighted by Gasteiger charge is 2.17. The third-order valence-electron chi connectivity index (χ3n) is 2.39. The van der Waals surface area contributed by atoms with Crippen LogP contribution in [0.3, 0.4) is 0 Å². The number of nitrogens with zero attached hydrogens (tertiary/aromatic N) is 1. The van der Waals surface area contributed by atoms with Crippen molar-refractivity contribution in [3.63, 3.8) is 0 Å². The van der Waals surface area contributed by atoms with Crippen LogP contribution >= 0.6 is 0 Å². The minimum absolute atomic E-state index is 0.438. The number of carboxylic acid groups (broad SMARTS) is 1. The van der Waals surface area contributed by atoms with Gasteiger partial charge < -0.3 is 15.4 Å². The molecule has 1 aromatic heterocycles. The maximum Gasteiger partial charge on any atom is 0.321 e. The summed E-state index contributed by atoms with van der Waals surface area (Å²) in [4.78, 5) is 17.8. The summed E-state index contributed by atoms with van der Waals surface area (Å²) < 4.78 is 0. The Morgan fingerprint density at radius 1 is 1.62 bits per heavy atom. The van der Waals surface area contributed by atoms with Gasteiger partial charge in [-0.15, -0.1) is 0 Å². The molecule has 3 N–H and O–H groups in total. The number of carbonyl (C=O) groups is 1. The number of aliphatic carboxylic acids is 1. The second-order valence-corrected chi connectivity index (χ2v) is 4.31. The van der Waals surface area contributed by atoms with Crippen LogP contribution in [0.2, 0.25) is 0 Å². The first-order valence-electron chi connectivity index (χ1n) is 5.53. The zero-order valence-electron chi connectivity index (χ0n) is 9.73. The van der Waals surface area contributed by atoms with Crippen molar-refractivity contribution in [2.75, 3.05) is 6.54 Å². The first kappa shape index (κ1) is 12.7. The van der Waals surface area contributed by atoms with Crippen molar-refractivity contribution < 1.29 is 9.90 Å². The molecule has 1 atom stereocenters. The molecule has 5 heteroatoms. The summed E-state index contributed by atoms with van der Waals surface area (Å²) in [6.45, 7) is 4.96. The van der Waals surface area contributed by atoms with E-state index in [4.69, 9.17) is 5.11 Å². The molecule has 0 aliphatic carbocycles. The summed E-state index contributed by atoms with van der Waals surface area (Å²) in [7, 11) is 0. The Kier molecular flexibility index (Phi) is 4.98. The summed E-state index contributed by atoms with van der Waals surface area (Å²) in [6.07, 6.45) is 4.63. The number of carboxylic acids is 1. The number of imidazole rings is 1. The van der Waals surface area contributed by atoms with Crippen LogP contribution in [0.4, 0.5) is 0 Å². The van der Waals surface area contributed by atoms with Gasteiger partial charge >= 0.3 is 5.97 Å². The van der Waals surface area contributed by atoms with Crippen LogP contribution in [0, 0.1) is 5.92 Å². The molecule has 5 nitrogen and oxygen atoms in total. The van der Waals surface area contributed by atoms with Gasteiger partial charge in [0, 0.05) is 18.3 Å². The van der Waals surface area contributed by atoms with Gasteiger partial charge in [0.2, 0.25) is 0 Å². The topological polar surface area (TPSA) is 78.0 Å². The molecule has 1 unspecified atom stereocenters. The molecule has 1 heterocycles. The molecule has 0 aliphatic heterocycles. The SMILES string of the molecule is CC(C)CCNC(Cc1cnc[nH]1)C(=O)O. The molecule has 0 amide bonds. The van der Waals surface area contributed by atoms with Gasteiger partial charge in [0.25, 0.3) is 0 Å². The maximum atomic E-state index is 11.0. The van der Waals surface area contributed by atoms with Gasteiger partial charge in [0.1, 0.15) is 6.04 Å². The van der Waals surface area contributed by atoms with Crippen LogP contribution in [-0.2, 0) is 11.2 Å². The summed E-state index contributed by atoms with van der Waals surface area (Å²) in [5.74, 6) is -0.243. The third-order valence-corrected chi connectivity index (χ3v) is 2.39. The largest absolute Gasteiger partial charge is 0.480 e. The van der Waals surface area contributed by atoms with Crippen LogP contribution in [0.25, 0.3) is 0 Å².